The second-order valence-electron chi connectivity index (χ2n) is 8.22. The molecule has 0 heterocycles. The first-order valence-electron chi connectivity index (χ1n) is 11.2. The van der Waals surface area contributed by atoms with E-state index in [0.29, 0.717) is 6.42 Å². The molecular weight excluding hydrogens is 424 g/mol. The van der Waals surface area contributed by atoms with Crippen LogP contribution in [0.1, 0.15) is 49.7 Å². The lowest BCUT2D eigenvalue weighted by Crippen LogP contribution is -2.40. The molecule has 0 spiro atoms. The fourth-order valence-corrected chi connectivity index (χ4v) is 4.21. The van der Waals surface area contributed by atoms with Gasteiger partial charge in [0.05, 0.1) is 18.9 Å². The molecule has 0 radical (unpaired) electrons. The number of hydrogen-bond acceptors (Lipinski definition) is 5. The maximum absolute atomic E-state index is 12.2. The van der Waals surface area contributed by atoms with E-state index in [1.165, 1.54) is 0 Å². The topological polar surface area (TPSA) is 125 Å². The van der Waals surface area contributed by atoms with Gasteiger partial charge in [-0.25, -0.2) is 4.79 Å². The van der Waals surface area contributed by atoms with Gasteiger partial charge in [-0.3, -0.25) is 9.59 Å². The zero-order valence-corrected chi connectivity index (χ0v) is 18.6. The number of carbonyl (C=O) groups is 3. The Balaban J connectivity index is 1.45. The van der Waals surface area contributed by atoms with E-state index < -0.39 is 30.1 Å². The third-order valence-electron chi connectivity index (χ3n) is 5.67. The minimum Gasteiger partial charge on any atom is -0.481 e. The van der Waals surface area contributed by atoms with Crippen molar-refractivity contribution in [3.05, 3.63) is 59.7 Å². The van der Waals surface area contributed by atoms with Gasteiger partial charge in [-0.15, -0.1) is 0 Å². The maximum atomic E-state index is 12.2. The normalized spacial score (nSPS) is 14.0. The quantitative estimate of drug-likeness (QED) is 0.414. The molecule has 1 unspecified atom stereocenters. The van der Waals surface area contributed by atoms with Crippen LogP contribution >= 0.6 is 0 Å². The summed E-state index contributed by atoms with van der Waals surface area (Å²) in [5.41, 5.74) is 4.47. The highest BCUT2D eigenvalue weighted by molar-refractivity contribution is 5.79. The van der Waals surface area contributed by atoms with Crippen molar-refractivity contribution in [2.24, 2.45) is 0 Å². The van der Waals surface area contributed by atoms with Crippen LogP contribution in [0.5, 0.6) is 0 Å². The van der Waals surface area contributed by atoms with Crippen molar-refractivity contribution in [2.75, 3.05) is 13.2 Å². The van der Waals surface area contributed by atoms with Crippen LogP contribution in [0, 0.1) is 0 Å². The molecule has 0 aromatic heterocycles. The smallest absolute Gasteiger partial charge is 0.407 e. The summed E-state index contributed by atoms with van der Waals surface area (Å²) in [7, 11) is 0. The minimum atomic E-state index is -1.11. The lowest BCUT2D eigenvalue weighted by atomic mass is 9.98. The molecule has 0 bridgehead atoms. The Hall–Kier alpha value is -3.39. The number of aliphatic carboxylic acids is 1. The van der Waals surface area contributed by atoms with E-state index in [0.717, 1.165) is 28.7 Å². The van der Waals surface area contributed by atoms with Gasteiger partial charge in [0.25, 0.3) is 0 Å². The Morgan fingerprint density at radius 3 is 2.18 bits per heavy atom. The summed E-state index contributed by atoms with van der Waals surface area (Å²) < 4.78 is 5.41. The molecule has 4 N–H and O–H groups in total. The number of benzene rings is 2. The molecule has 33 heavy (non-hydrogen) atoms. The molecule has 0 aliphatic heterocycles. The van der Waals surface area contributed by atoms with E-state index in [2.05, 4.69) is 22.8 Å². The number of fused-ring (bicyclic) bond motifs is 3. The number of aliphatic hydroxyl groups is 1. The molecule has 3 rings (SSSR count). The SMILES string of the molecule is CCC[C@H](CC(=O)O)NC(=O)CC(O)CNC(=O)OCC1c2ccccc2-c2ccccc21. The maximum Gasteiger partial charge on any atom is 0.407 e. The minimum absolute atomic E-state index is 0.0661. The predicted molar refractivity (Wildman–Crippen MR) is 123 cm³/mol. The monoisotopic (exact) mass is 454 g/mol. The fraction of sp³-hybridized carbons (Fsp3) is 0.400. The number of alkyl carbamates (subject to hydrolysis) is 1. The highest BCUT2D eigenvalue weighted by Crippen LogP contribution is 2.44. The number of carboxylic acids is 1. The largest absolute Gasteiger partial charge is 0.481 e. The number of amides is 2. The third kappa shape index (κ3) is 6.55. The molecule has 1 aliphatic carbocycles. The van der Waals surface area contributed by atoms with Crippen LogP contribution < -0.4 is 10.6 Å². The lowest BCUT2D eigenvalue weighted by molar-refractivity contribution is -0.137. The average molecular weight is 455 g/mol. The van der Waals surface area contributed by atoms with E-state index in [1.54, 1.807) is 0 Å². The second kappa shape index (κ2) is 11.5. The van der Waals surface area contributed by atoms with Crippen molar-refractivity contribution in [1.29, 1.82) is 0 Å². The number of rotatable bonds is 11. The molecule has 2 atom stereocenters. The van der Waals surface area contributed by atoms with Gasteiger partial charge in [0.2, 0.25) is 5.91 Å². The molecule has 1 aliphatic rings. The van der Waals surface area contributed by atoms with Crippen LogP contribution in [-0.2, 0) is 14.3 Å². The van der Waals surface area contributed by atoms with Gasteiger partial charge in [0.1, 0.15) is 6.61 Å². The first-order valence-corrected chi connectivity index (χ1v) is 11.2. The van der Waals surface area contributed by atoms with E-state index in [1.807, 2.05) is 43.3 Å². The van der Waals surface area contributed by atoms with Crippen LogP contribution in [-0.4, -0.2) is 53.5 Å². The van der Waals surface area contributed by atoms with Crippen LogP contribution in [0.2, 0.25) is 0 Å². The van der Waals surface area contributed by atoms with E-state index >= 15 is 0 Å². The molecule has 2 aromatic carbocycles. The van der Waals surface area contributed by atoms with Gasteiger partial charge in [-0.2, -0.15) is 0 Å². The van der Waals surface area contributed by atoms with Gasteiger partial charge in [-0.1, -0.05) is 61.9 Å². The summed E-state index contributed by atoms with van der Waals surface area (Å²) in [6.07, 6.45) is -0.948. The van der Waals surface area contributed by atoms with Gasteiger partial charge in [0, 0.05) is 18.5 Å². The number of carbonyl (C=O) groups excluding carboxylic acids is 2. The highest BCUT2D eigenvalue weighted by atomic mass is 16.5. The molecule has 8 heteroatoms. The van der Waals surface area contributed by atoms with Gasteiger partial charge >= 0.3 is 12.1 Å². The molecule has 2 aromatic rings. The van der Waals surface area contributed by atoms with Crippen molar-refractivity contribution in [3.8, 4) is 11.1 Å². The number of nitrogens with one attached hydrogen (secondary N) is 2. The first-order chi connectivity index (χ1) is 15.9. The highest BCUT2D eigenvalue weighted by Gasteiger charge is 2.29. The summed E-state index contributed by atoms with van der Waals surface area (Å²) in [4.78, 5) is 35.2. The Morgan fingerprint density at radius 1 is 1.00 bits per heavy atom. The Bertz CT molecular complexity index is 947. The number of ether oxygens (including phenoxy) is 1. The third-order valence-corrected chi connectivity index (χ3v) is 5.67. The molecule has 0 fully saturated rings. The molecule has 0 saturated heterocycles. The Morgan fingerprint density at radius 2 is 1.61 bits per heavy atom. The van der Waals surface area contributed by atoms with Crippen LogP contribution in [0.15, 0.2) is 48.5 Å². The molecular formula is C25H30N2O6. The summed E-state index contributed by atoms with van der Waals surface area (Å²) in [6.45, 7) is 1.90. The average Bonchev–Trinajstić information content (AvgIpc) is 3.09. The van der Waals surface area contributed by atoms with E-state index in [4.69, 9.17) is 9.84 Å². The van der Waals surface area contributed by atoms with Crippen LogP contribution in [0.4, 0.5) is 4.79 Å². The van der Waals surface area contributed by atoms with Crippen molar-refractivity contribution in [3.63, 3.8) is 0 Å². The lowest BCUT2D eigenvalue weighted by Gasteiger charge is -2.18. The number of aliphatic hydroxyl groups excluding tert-OH is 1. The van der Waals surface area contributed by atoms with Gasteiger partial charge in [0.15, 0.2) is 0 Å². The van der Waals surface area contributed by atoms with E-state index in [-0.39, 0.29) is 31.9 Å². The van der Waals surface area contributed by atoms with Crippen molar-refractivity contribution in [2.45, 2.75) is 50.7 Å². The summed E-state index contributed by atoms with van der Waals surface area (Å²) >= 11 is 0. The van der Waals surface area contributed by atoms with Crippen molar-refractivity contribution >= 4 is 18.0 Å². The first kappa shape index (κ1) is 24.3. The van der Waals surface area contributed by atoms with Crippen LogP contribution in [0.25, 0.3) is 11.1 Å². The molecule has 8 nitrogen and oxygen atoms in total. The van der Waals surface area contributed by atoms with Crippen molar-refractivity contribution in [1.82, 2.24) is 10.6 Å². The van der Waals surface area contributed by atoms with Crippen molar-refractivity contribution < 1.29 is 29.3 Å². The van der Waals surface area contributed by atoms with Crippen LogP contribution in [0.3, 0.4) is 0 Å². The zero-order valence-electron chi connectivity index (χ0n) is 18.6. The zero-order chi connectivity index (χ0) is 23.8. The summed E-state index contributed by atoms with van der Waals surface area (Å²) in [5, 5.41) is 24.1. The van der Waals surface area contributed by atoms with Gasteiger partial charge < -0.3 is 25.6 Å². The number of hydrogen-bond donors (Lipinski definition) is 4. The summed E-state index contributed by atoms with van der Waals surface area (Å²) in [5.74, 6) is -1.52. The second-order valence-corrected chi connectivity index (χ2v) is 8.22. The molecule has 2 amide bonds. The molecule has 0 saturated carbocycles. The van der Waals surface area contributed by atoms with Gasteiger partial charge in [-0.05, 0) is 28.7 Å². The summed E-state index contributed by atoms with van der Waals surface area (Å²) in [6, 6.07) is 15.6. The molecule has 176 valence electrons. The van der Waals surface area contributed by atoms with E-state index in [9.17, 15) is 19.5 Å². The Labute approximate surface area is 193 Å². The Kier molecular flexibility index (Phi) is 8.43. The standard InChI is InChI=1S/C25H30N2O6/c1-2-7-16(12-24(30)31)27-23(29)13-17(28)14-26-25(32)33-15-22-20-10-5-3-8-18(20)19-9-4-6-11-21(19)22/h3-6,8-11,16-17,22,28H,2,7,12-15H2,1H3,(H,26,32)(H,27,29)(H,30,31)/t16-,17?/m1/s1. The predicted octanol–water partition coefficient (Wildman–Crippen LogP) is 3.04. The number of carboxylic acid groups (broad SMARTS) is 1. The fourth-order valence-electron chi connectivity index (χ4n) is 4.21.